The number of thiophene rings is 1. The number of amides is 1. The summed E-state index contributed by atoms with van der Waals surface area (Å²) < 4.78 is 0. The van der Waals surface area contributed by atoms with Gasteiger partial charge in [-0.05, 0) is 24.4 Å². The Hall–Kier alpha value is -1.75. The van der Waals surface area contributed by atoms with Gasteiger partial charge in [0.15, 0.2) is 0 Å². The molecule has 3 N–H and O–H groups in total. The number of rotatable bonds is 4. The Morgan fingerprint density at radius 3 is 2.94 bits per heavy atom. The summed E-state index contributed by atoms with van der Waals surface area (Å²) in [6.45, 7) is 2.05. The van der Waals surface area contributed by atoms with E-state index in [1.165, 1.54) is 4.88 Å². The largest absolute Gasteiger partial charge is 0.397 e. The maximum Gasteiger partial charge on any atom is 0.270 e. The lowest BCUT2D eigenvalue weighted by Crippen LogP contribution is -2.36. The number of carbonyl (C=O) groups is 1. The monoisotopic (exact) mass is 263 g/mol. The van der Waals surface area contributed by atoms with Gasteiger partial charge in [0, 0.05) is 36.3 Å². The molecule has 96 valence electrons. The van der Waals surface area contributed by atoms with Crippen molar-refractivity contribution >= 4 is 22.9 Å². The van der Waals surface area contributed by atoms with E-state index in [-0.39, 0.29) is 11.9 Å². The minimum absolute atomic E-state index is 0.0317. The molecule has 0 saturated heterocycles. The van der Waals surface area contributed by atoms with Crippen LogP contribution in [0.2, 0.25) is 0 Å². The van der Waals surface area contributed by atoms with Crippen molar-refractivity contribution in [3.05, 3.63) is 40.3 Å². The Kier molecular flexibility index (Phi) is 3.72. The number of nitrogen functional groups attached to an aromatic ring is 1. The molecule has 0 saturated carbocycles. The van der Waals surface area contributed by atoms with E-state index in [0.717, 1.165) is 6.42 Å². The predicted molar refractivity (Wildman–Crippen MR) is 74.8 cm³/mol. The van der Waals surface area contributed by atoms with Crippen LogP contribution in [0.5, 0.6) is 0 Å². The van der Waals surface area contributed by atoms with Crippen molar-refractivity contribution < 1.29 is 4.79 Å². The maximum absolute atomic E-state index is 12.2. The van der Waals surface area contributed by atoms with Gasteiger partial charge in [-0.2, -0.15) is 0 Å². The zero-order valence-corrected chi connectivity index (χ0v) is 11.3. The molecule has 2 aromatic heterocycles. The number of hydrogen-bond donors (Lipinski definition) is 2. The number of aromatic nitrogens is 1. The number of likely N-dealkylation sites (N-methyl/N-ethyl adjacent to an activating group) is 1. The summed E-state index contributed by atoms with van der Waals surface area (Å²) in [6, 6.07) is 5.93. The summed E-state index contributed by atoms with van der Waals surface area (Å²) in [5.41, 5.74) is 6.72. The Balaban J connectivity index is 2.02. The number of aromatic amines is 1. The summed E-state index contributed by atoms with van der Waals surface area (Å²) in [7, 11) is 1.82. The van der Waals surface area contributed by atoms with Gasteiger partial charge in [0.05, 0.1) is 0 Å². The first-order valence-electron chi connectivity index (χ1n) is 5.81. The van der Waals surface area contributed by atoms with E-state index in [1.54, 1.807) is 28.5 Å². The maximum atomic E-state index is 12.2. The van der Waals surface area contributed by atoms with Crippen LogP contribution in [0.1, 0.15) is 22.3 Å². The van der Waals surface area contributed by atoms with Crippen molar-refractivity contribution in [2.75, 3.05) is 12.8 Å². The highest BCUT2D eigenvalue weighted by Crippen LogP contribution is 2.15. The van der Waals surface area contributed by atoms with Crippen LogP contribution in [0, 0.1) is 0 Å². The van der Waals surface area contributed by atoms with E-state index >= 15 is 0 Å². The topological polar surface area (TPSA) is 62.1 Å². The van der Waals surface area contributed by atoms with E-state index in [1.807, 2.05) is 20.0 Å². The second-order valence-corrected chi connectivity index (χ2v) is 5.43. The van der Waals surface area contributed by atoms with Crippen LogP contribution in [0.15, 0.2) is 29.8 Å². The van der Waals surface area contributed by atoms with Crippen molar-refractivity contribution in [2.24, 2.45) is 0 Å². The minimum atomic E-state index is -0.0317. The lowest BCUT2D eigenvalue weighted by molar-refractivity contribution is 0.0739. The Morgan fingerprint density at radius 2 is 2.39 bits per heavy atom. The van der Waals surface area contributed by atoms with Crippen molar-refractivity contribution in [1.82, 2.24) is 9.88 Å². The molecule has 0 fully saturated rings. The fourth-order valence-corrected chi connectivity index (χ4v) is 2.61. The molecule has 2 heterocycles. The van der Waals surface area contributed by atoms with Crippen molar-refractivity contribution in [3.63, 3.8) is 0 Å². The normalized spacial score (nSPS) is 12.3. The van der Waals surface area contributed by atoms with Crippen LogP contribution in [0.3, 0.4) is 0 Å². The van der Waals surface area contributed by atoms with Gasteiger partial charge in [0.1, 0.15) is 5.69 Å². The van der Waals surface area contributed by atoms with E-state index in [2.05, 4.69) is 16.4 Å². The zero-order chi connectivity index (χ0) is 13.1. The van der Waals surface area contributed by atoms with Crippen LogP contribution < -0.4 is 5.73 Å². The van der Waals surface area contributed by atoms with E-state index < -0.39 is 0 Å². The fraction of sp³-hybridized carbons (Fsp3) is 0.308. The first kappa shape index (κ1) is 12.7. The van der Waals surface area contributed by atoms with Crippen molar-refractivity contribution in [2.45, 2.75) is 19.4 Å². The van der Waals surface area contributed by atoms with Crippen molar-refractivity contribution in [3.8, 4) is 0 Å². The molecule has 0 spiro atoms. The first-order valence-corrected chi connectivity index (χ1v) is 6.69. The van der Waals surface area contributed by atoms with Gasteiger partial charge in [-0.3, -0.25) is 4.79 Å². The van der Waals surface area contributed by atoms with Crippen LogP contribution >= 0.6 is 11.3 Å². The molecule has 0 aromatic carbocycles. The second-order valence-electron chi connectivity index (χ2n) is 4.40. The summed E-state index contributed by atoms with van der Waals surface area (Å²) in [4.78, 5) is 18.1. The lowest BCUT2D eigenvalue weighted by Gasteiger charge is -2.24. The van der Waals surface area contributed by atoms with Gasteiger partial charge in [-0.15, -0.1) is 11.3 Å². The first-order chi connectivity index (χ1) is 8.58. The average molecular weight is 263 g/mol. The summed E-state index contributed by atoms with van der Waals surface area (Å²) in [6.07, 6.45) is 2.50. The molecule has 2 aromatic rings. The smallest absolute Gasteiger partial charge is 0.270 e. The van der Waals surface area contributed by atoms with Gasteiger partial charge < -0.3 is 15.6 Å². The molecule has 1 unspecified atom stereocenters. The molecule has 0 radical (unpaired) electrons. The highest BCUT2D eigenvalue weighted by molar-refractivity contribution is 7.09. The molecule has 18 heavy (non-hydrogen) atoms. The van der Waals surface area contributed by atoms with Gasteiger partial charge >= 0.3 is 0 Å². The molecule has 0 aliphatic carbocycles. The molecule has 0 bridgehead atoms. The molecule has 5 heteroatoms. The molecule has 1 atom stereocenters. The number of nitrogens with zero attached hydrogens (tertiary/aromatic N) is 1. The van der Waals surface area contributed by atoms with E-state index in [9.17, 15) is 4.79 Å². The number of H-pyrrole nitrogens is 1. The van der Waals surface area contributed by atoms with Gasteiger partial charge in [-0.25, -0.2) is 0 Å². The van der Waals surface area contributed by atoms with E-state index in [4.69, 9.17) is 5.73 Å². The van der Waals surface area contributed by atoms with Crippen LogP contribution in [0.4, 0.5) is 5.69 Å². The fourth-order valence-electron chi connectivity index (χ4n) is 1.78. The predicted octanol–water partition coefficient (Wildman–Crippen LogP) is 2.36. The van der Waals surface area contributed by atoms with Crippen LogP contribution in [0.25, 0.3) is 0 Å². The molecule has 1 amide bonds. The molecule has 4 nitrogen and oxygen atoms in total. The second kappa shape index (κ2) is 5.27. The molecular formula is C13H17N3OS. The number of hydrogen-bond acceptors (Lipinski definition) is 3. The Labute approximate surface area is 110 Å². The van der Waals surface area contributed by atoms with Gasteiger partial charge in [0.2, 0.25) is 0 Å². The van der Waals surface area contributed by atoms with Crippen LogP contribution in [-0.4, -0.2) is 28.9 Å². The molecule has 0 aliphatic heterocycles. The third-order valence-corrected chi connectivity index (χ3v) is 3.89. The van der Waals surface area contributed by atoms with E-state index in [0.29, 0.717) is 11.4 Å². The third-order valence-electron chi connectivity index (χ3n) is 2.99. The molecule has 0 aliphatic rings. The lowest BCUT2D eigenvalue weighted by atomic mass is 10.2. The van der Waals surface area contributed by atoms with Gasteiger partial charge in [-0.1, -0.05) is 6.07 Å². The average Bonchev–Trinajstić information content (AvgIpc) is 2.98. The SMILES string of the molecule is CC(Cc1cccs1)N(C)C(=O)c1cc(N)c[nH]1. The third kappa shape index (κ3) is 2.73. The summed E-state index contributed by atoms with van der Waals surface area (Å²) >= 11 is 1.71. The van der Waals surface area contributed by atoms with Crippen molar-refractivity contribution in [1.29, 1.82) is 0 Å². The Bertz CT molecular complexity index is 518. The molecule has 2 rings (SSSR count). The number of carbonyl (C=O) groups excluding carboxylic acids is 1. The zero-order valence-electron chi connectivity index (χ0n) is 10.5. The quantitative estimate of drug-likeness (QED) is 0.889. The van der Waals surface area contributed by atoms with Crippen LogP contribution in [-0.2, 0) is 6.42 Å². The minimum Gasteiger partial charge on any atom is -0.397 e. The summed E-state index contributed by atoms with van der Waals surface area (Å²) in [5, 5.41) is 2.05. The number of nitrogens with one attached hydrogen (secondary N) is 1. The number of nitrogens with two attached hydrogens (primary N) is 1. The highest BCUT2D eigenvalue weighted by Gasteiger charge is 2.19. The standard InChI is InChI=1S/C13H17N3OS/c1-9(6-11-4-3-5-18-11)16(2)13(17)12-7-10(14)8-15-12/h3-5,7-9,15H,6,14H2,1-2H3. The highest BCUT2D eigenvalue weighted by atomic mass is 32.1. The summed E-state index contributed by atoms with van der Waals surface area (Å²) in [5.74, 6) is -0.0317. The molecular weight excluding hydrogens is 246 g/mol. The Morgan fingerprint density at radius 1 is 1.61 bits per heavy atom. The van der Waals surface area contributed by atoms with Gasteiger partial charge in [0.25, 0.3) is 5.91 Å². The number of anilines is 1.